The van der Waals surface area contributed by atoms with Crippen LogP contribution in [0.1, 0.15) is 30.0 Å². The lowest BCUT2D eigenvalue weighted by Crippen LogP contribution is -2.33. The van der Waals surface area contributed by atoms with Crippen LogP contribution in [0.25, 0.3) is 21.9 Å². The quantitative estimate of drug-likeness (QED) is 0.298. The number of likely N-dealkylation sites (tertiary alicyclic amines) is 1. The number of hydrogen-bond acceptors (Lipinski definition) is 6. The molecule has 1 aliphatic heterocycles. The fourth-order valence-corrected chi connectivity index (χ4v) is 4.45. The second-order valence-electron chi connectivity index (χ2n) is 8.47. The van der Waals surface area contributed by atoms with Crippen LogP contribution in [-0.2, 0) is 0 Å². The highest BCUT2D eigenvalue weighted by atomic mass is 19.1. The van der Waals surface area contributed by atoms with Crippen molar-refractivity contribution < 1.29 is 18.1 Å². The van der Waals surface area contributed by atoms with Gasteiger partial charge in [0.25, 0.3) is 0 Å². The summed E-state index contributed by atoms with van der Waals surface area (Å²) in [6, 6.07) is 11.6. The molecule has 6 nitrogen and oxygen atoms in total. The van der Waals surface area contributed by atoms with Crippen LogP contribution in [0.15, 0.2) is 68.4 Å². The van der Waals surface area contributed by atoms with Gasteiger partial charge in [0.1, 0.15) is 23.8 Å². The van der Waals surface area contributed by atoms with Gasteiger partial charge in [-0.3, -0.25) is 4.90 Å². The van der Waals surface area contributed by atoms with E-state index in [9.17, 15) is 9.18 Å². The van der Waals surface area contributed by atoms with E-state index in [2.05, 4.69) is 16.1 Å². The van der Waals surface area contributed by atoms with Crippen LogP contribution in [0.3, 0.4) is 0 Å². The van der Waals surface area contributed by atoms with E-state index in [1.54, 1.807) is 12.1 Å². The van der Waals surface area contributed by atoms with Crippen molar-refractivity contribution in [3.63, 3.8) is 0 Å². The summed E-state index contributed by atoms with van der Waals surface area (Å²) < 4.78 is 29.8. The van der Waals surface area contributed by atoms with Gasteiger partial charge in [0.05, 0.1) is 5.69 Å². The topological polar surface area (TPSA) is 68.7 Å². The van der Waals surface area contributed by atoms with Crippen molar-refractivity contribution in [2.75, 3.05) is 26.2 Å². The third-order valence-electron chi connectivity index (χ3n) is 6.24. The zero-order valence-electron chi connectivity index (χ0n) is 18.4. The Bertz CT molecular complexity index is 1370. The molecule has 0 amide bonds. The molecular weight excluding hydrogens is 423 g/mol. The highest BCUT2D eigenvalue weighted by Gasteiger charge is 2.24. The average molecular weight is 448 g/mol. The predicted molar refractivity (Wildman–Crippen MR) is 124 cm³/mol. The number of piperidine rings is 1. The van der Waals surface area contributed by atoms with E-state index in [-0.39, 0.29) is 11.4 Å². The van der Waals surface area contributed by atoms with Crippen LogP contribution in [0, 0.1) is 12.7 Å². The first-order valence-electron chi connectivity index (χ1n) is 11.2. The van der Waals surface area contributed by atoms with Crippen molar-refractivity contribution in [2.45, 2.75) is 25.7 Å². The molecule has 0 aliphatic carbocycles. The highest BCUT2D eigenvalue weighted by molar-refractivity contribution is 5.81. The Labute approximate surface area is 190 Å². The van der Waals surface area contributed by atoms with E-state index in [1.165, 1.54) is 18.2 Å². The standard InChI is InChI=1S/C26H25FN2O4/c1-17-14-25(30)32-23-16-20(5-7-21(17)23)31-13-3-2-10-29-11-8-18(9-12-29)26-22-6-4-19(27)15-24(22)33-28-26/h2-7,14-16,18H,8-13H2,1H3. The lowest BCUT2D eigenvalue weighted by Gasteiger charge is -2.30. The lowest BCUT2D eigenvalue weighted by atomic mass is 9.91. The maximum Gasteiger partial charge on any atom is 0.336 e. The molecule has 1 aliphatic rings. The molecule has 0 radical (unpaired) electrons. The number of fused-ring (bicyclic) bond motifs is 2. The van der Waals surface area contributed by atoms with E-state index < -0.39 is 0 Å². The van der Waals surface area contributed by atoms with Crippen LogP contribution in [0.5, 0.6) is 5.75 Å². The molecule has 4 aromatic rings. The maximum absolute atomic E-state index is 13.4. The zero-order chi connectivity index (χ0) is 22.8. The SMILES string of the molecule is Cc1cc(=O)oc2cc(OCC=CCN3CCC(c4noc5cc(F)ccc45)CC3)ccc12. The predicted octanol–water partition coefficient (Wildman–Crippen LogP) is 5.20. The molecule has 5 rings (SSSR count). The molecule has 2 aromatic heterocycles. The van der Waals surface area contributed by atoms with Crippen LogP contribution in [0.2, 0.25) is 0 Å². The fraction of sp³-hybridized carbons (Fsp3) is 0.308. The number of rotatable bonds is 6. The summed E-state index contributed by atoms with van der Waals surface area (Å²) in [6.07, 6.45) is 6.10. The van der Waals surface area contributed by atoms with Crippen molar-refractivity contribution >= 4 is 21.9 Å². The summed E-state index contributed by atoms with van der Waals surface area (Å²) >= 11 is 0. The van der Waals surface area contributed by atoms with Crippen LogP contribution in [0.4, 0.5) is 4.39 Å². The number of nitrogens with zero attached hydrogens (tertiary/aromatic N) is 2. The van der Waals surface area contributed by atoms with Crippen molar-refractivity contribution in [3.05, 3.63) is 82.1 Å². The summed E-state index contributed by atoms with van der Waals surface area (Å²) in [6.45, 7) is 5.12. The number of hydrogen-bond donors (Lipinski definition) is 0. The monoisotopic (exact) mass is 448 g/mol. The molecule has 170 valence electrons. The summed E-state index contributed by atoms with van der Waals surface area (Å²) in [5.74, 6) is 0.691. The molecule has 7 heteroatoms. The van der Waals surface area contributed by atoms with E-state index in [1.807, 2.05) is 25.1 Å². The van der Waals surface area contributed by atoms with Gasteiger partial charge < -0.3 is 13.7 Å². The van der Waals surface area contributed by atoms with E-state index >= 15 is 0 Å². The largest absolute Gasteiger partial charge is 0.489 e. The molecule has 2 aromatic carbocycles. The summed E-state index contributed by atoms with van der Waals surface area (Å²) in [5.41, 5.74) is 2.52. The Morgan fingerprint density at radius 1 is 1.09 bits per heavy atom. The molecule has 0 saturated carbocycles. The van der Waals surface area contributed by atoms with E-state index in [0.717, 1.165) is 54.5 Å². The molecule has 0 N–H and O–H groups in total. The summed E-state index contributed by atoms with van der Waals surface area (Å²) in [4.78, 5) is 14.0. The minimum atomic E-state index is -0.355. The Morgan fingerprint density at radius 2 is 1.91 bits per heavy atom. The fourth-order valence-electron chi connectivity index (χ4n) is 4.45. The second-order valence-corrected chi connectivity index (χ2v) is 8.47. The Balaban J connectivity index is 1.10. The molecule has 0 spiro atoms. The van der Waals surface area contributed by atoms with Crippen molar-refractivity contribution in [3.8, 4) is 5.75 Å². The third-order valence-corrected chi connectivity index (χ3v) is 6.24. The van der Waals surface area contributed by atoms with E-state index in [0.29, 0.717) is 29.4 Å². The molecule has 0 bridgehead atoms. The molecule has 1 fully saturated rings. The van der Waals surface area contributed by atoms with Crippen molar-refractivity contribution in [2.24, 2.45) is 0 Å². The average Bonchev–Trinajstić information content (AvgIpc) is 3.22. The molecule has 0 atom stereocenters. The summed E-state index contributed by atoms with van der Waals surface area (Å²) in [5, 5.41) is 6.04. The maximum atomic E-state index is 13.4. The van der Waals surface area contributed by atoms with Crippen LogP contribution in [-0.4, -0.2) is 36.3 Å². The van der Waals surface area contributed by atoms with Gasteiger partial charge in [0.15, 0.2) is 5.58 Å². The third kappa shape index (κ3) is 4.68. The number of aromatic nitrogens is 1. The van der Waals surface area contributed by atoms with Gasteiger partial charge in [-0.2, -0.15) is 0 Å². The molecule has 0 unspecified atom stereocenters. The molecule has 3 heterocycles. The zero-order valence-corrected chi connectivity index (χ0v) is 18.4. The molecular formula is C26H25FN2O4. The number of benzene rings is 2. The first-order valence-corrected chi connectivity index (χ1v) is 11.2. The first-order chi connectivity index (χ1) is 16.1. The van der Waals surface area contributed by atoms with Crippen molar-refractivity contribution in [1.82, 2.24) is 10.1 Å². The first kappa shape index (κ1) is 21.4. The minimum absolute atomic E-state index is 0.307. The van der Waals surface area contributed by atoms with E-state index in [4.69, 9.17) is 13.7 Å². The van der Waals surface area contributed by atoms with Gasteiger partial charge in [0.2, 0.25) is 0 Å². The van der Waals surface area contributed by atoms with Gasteiger partial charge >= 0.3 is 5.63 Å². The van der Waals surface area contributed by atoms with Crippen LogP contribution < -0.4 is 10.4 Å². The Hall–Kier alpha value is -3.45. The van der Waals surface area contributed by atoms with Gasteiger partial charge in [-0.05, 0) is 62.7 Å². The molecule has 33 heavy (non-hydrogen) atoms. The normalized spacial score (nSPS) is 15.7. The Morgan fingerprint density at radius 3 is 2.76 bits per heavy atom. The smallest absolute Gasteiger partial charge is 0.336 e. The minimum Gasteiger partial charge on any atom is -0.489 e. The number of aryl methyl sites for hydroxylation is 1. The van der Waals surface area contributed by atoms with Crippen LogP contribution >= 0.6 is 0 Å². The molecule has 1 saturated heterocycles. The highest BCUT2D eigenvalue weighted by Crippen LogP contribution is 2.32. The number of ether oxygens (including phenoxy) is 1. The van der Waals surface area contributed by atoms with Gasteiger partial charge in [-0.1, -0.05) is 17.3 Å². The second kappa shape index (κ2) is 9.19. The van der Waals surface area contributed by atoms with Gasteiger partial charge in [0, 0.05) is 41.4 Å². The van der Waals surface area contributed by atoms with Gasteiger partial charge in [-0.15, -0.1) is 0 Å². The van der Waals surface area contributed by atoms with Crippen molar-refractivity contribution in [1.29, 1.82) is 0 Å². The van der Waals surface area contributed by atoms with Gasteiger partial charge in [-0.25, -0.2) is 9.18 Å². The lowest BCUT2D eigenvalue weighted by molar-refractivity contribution is 0.228. The number of halogens is 1. The summed E-state index contributed by atoms with van der Waals surface area (Å²) in [7, 11) is 0. The Kier molecular flexibility index (Phi) is 5.96.